The van der Waals surface area contributed by atoms with Crippen molar-refractivity contribution < 1.29 is 0 Å². The topological polar surface area (TPSA) is 17.0 Å². The maximum atomic E-state index is 6.26. The van der Waals surface area contributed by atoms with E-state index in [0.29, 0.717) is 0 Å². The van der Waals surface area contributed by atoms with Crippen LogP contribution in [0, 0.1) is 0 Å². The molecule has 0 aliphatic heterocycles. The predicted molar refractivity (Wildman–Crippen MR) is 81.8 cm³/mol. The molecular weight excluding hydrogens is 256 g/mol. The van der Waals surface area contributed by atoms with Crippen LogP contribution >= 0.6 is 11.6 Å². The van der Waals surface area contributed by atoms with Gasteiger partial charge in [0.25, 0.3) is 0 Å². The monoisotopic (exact) mass is 276 g/mol. The van der Waals surface area contributed by atoms with Gasteiger partial charge in [0, 0.05) is 29.7 Å². The Bertz CT molecular complexity index is 541. The molecule has 2 aromatic rings. The number of rotatable bonds is 5. The summed E-state index contributed by atoms with van der Waals surface area (Å²) in [6, 6.07) is 9.12. The van der Waals surface area contributed by atoms with Crippen LogP contribution in [0.2, 0.25) is 5.02 Å². The molecule has 1 saturated carbocycles. The SMILES string of the molecule is Clc1cn(CCCNC2CCCC2)c2ccccc12. The molecule has 1 aromatic carbocycles. The molecule has 0 radical (unpaired) electrons. The van der Waals surface area contributed by atoms with Gasteiger partial charge in [-0.3, -0.25) is 0 Å². The van der Waals surface area contributed by atoms with Gasteiger partial charge < -0.3 is 9.88 Å². The van der Waals surface area contributed by atoms with E-state index in [4.69, 9.17) is 11.6 Å². The Hall–Kier alpha value is -0.990. The minimum atomic E-state index is 0.769. The van der Waals surface area contributed by atoms with E-state index in [1.165, 1.54) is 31.2 Å². The molecule has 1 heterocycles. The molecule has 0 spiro atoms. The number of aromatic nitrogens is 1. The first kappa shape index (κ1) is 13.0. The first-order valence-electron chi connectivity index (χ1n) is 7.31. The second-order valence-corrected chi connectivity index (χ2v) is 5.88. The van der Waals surface area contributed by atoms with Gasteiger partial charge >= 0.3 is 0 Å². The maximum Gasteiger partial charge on any atom is 0.0661 e. The lowest BCUT2D eigenvalue weighted by molar-refractivity contribution is 0.498. The van der Waals surface area contributed by atoms with Crippen LogP contribution in [-0.2, 0) is 6.54 Å². The molecule has 1 aliphatic rings. The summed E-state index contributed by atoms with van der Waals surface area (Å²) < 4.78 is 2.27. The van der Waals surface area contributed by atoms with Crippen molar-refractivity contribution in [3.8, 4) is 0 Å². The van der Waals surface area contributed by atoms with E-state index in [2.05, 4.69) is 34.3 Å². The summed E-state index contributed by atoms with van der Waals surface area (Å²) in [5.74, 6) is 0. The molecule has 0 saturated heterocycles. The van der Waals surface area contributed by atoms with Gasteiger partial charge in [-0.1, -0.05) is 42.6 Å². The fourth-order valence-electron chi connectivity index (χ4n) is 3.07. The smallest absolute Gasteiger partial charge is 0.0661 e. The highest BCUT2D eigenvalue weighted by Crippen LogP contribution is 2.25. The zero-order valence-corrected chi connectivity index (χ0v) is 12.0. The predicted octanol–water partition coefficient (Wildman–Crippen LogP) is 4.22. The van der Waals surface area contributed by atoms with Crippen molar-refractivity contribution in [2.45, 2.75) is 44.7 Å². The number of aryl methyl sites for hydroxylation is 1. The molecule has 3 rings (SSSR count). The number of fused-ring (bicyclic) bond motifs is 1. The number of nitrogens with zero attached hydrogens (tertiary/aromatic N) is 1. The van der Waals surface area contributed by atoms with Crippen molar-refractivity contribution in [3.05, 3.63) is 35.5 Å². The molecule has 102 valence electrons. The highest BCUT2D eigenvalue weighted by Gasteiger charge is 2.13. The van der Waals surface area contributed by atoms with Crippen molar-refractivity contribution >= 4 is 22.5 Å². The Balaban J connectivity index is 1.56. The molecule has 1 aliphatic carbocycles. The van der Waals surface area contributed by atoms with Crippen LogP contribution < -0.4 is 5.32 Å². The molecule has 3 heteroatoms. The second kappa shape index (κ2) is 5.98. The Morgan fingerprint density at radius 3 is 2.84 bits per heavy atom. The third-order valence-corrected chi connectivity index (χ3v) is 4.41. The first-order valence-corrected chi connectivity index (χ1v) is 7.69. The summed E-state index contributed by atoms with van der Waals surface area (Å²) in [7, 11) is 0. The highest BCUT2D eigenvalue weighted by molar-refractivity contribution is 6.35. The third-order valence-electron chi connectivity index (χ3n) is 4.10. The average molecular weight is 277 g/mol. The minimum Gasteiger partial charge on any atom is -0.346 e. The Morgan fingerprint density at radius 2 is 2.00 bits per heavy atom. The summed E-state index contributed by atoms with van der Waals surface area (Å²) >= 11 is 6.26. The Kier molecular flexibility index (Phi) is 4.09. The van der Waals surface area contributed by atoms with Gasteiger partial charge in [0.05, 0.1) is 5.02 Å². The van der Waals surface area contributed by atoms with Crippen molar-refractivity contribution in [2.75, 3.05) is 6.54 Å². The normalized spacial score (nSPS) is 16.5. The molecule has 2 nitrogen and oxygen atoms in total. The van der Waals surface area contributed by atoms with E-state index in [0.717, 1.165) is 36.0 Å². The number of nitrogens with one attached hydrogen (secondary N) is 1. The fourth-order valence-corrected chi connectivity index (χ4v) is 3.35. The molecule has 19 heavy (non-hydrogen) atoms. The number of benzene rings is 1. The van der Waals surface area contributed by atoms with Gasteiger partial charge in [0.15, 0.2) is 0 Å². The summed E-state index contributed by atoms with van der Waals surface area (Å²) in [4.78, 5) is 0. The number of halogens is 1. The summed E-state index contributed by atoms with van der Waals surface area (Å²) in [6.45, 7) is 2.14. The third kappa shape index (κ3) is 2.96. The van der Waals surface area contributed by atoms with Crippen LogP contribution in [0.1, 0.15) is 32.1 Å². The molecule has 0 amide bonds. The van der Waals surface area contributed by atoms with Crippen molar-refractivity contribution in [1.82, 2.24) is 9.88 Å². The van der Waals surface area contributed by atoms with Crippen LogP contribution in [0.5, 0.6) is 0 Å². The zero-order valence-electron chi connectivity index (χ0n) is 11.2. The maximum absolute atomic E-state index is 6.26. The van der Waals surface area contributed by atoms with Gasteiger partial charge in [-0.15, -0.1) is 0 Å². The minimum absolute atomic E-state index is 0.769. The van der Waals surface area contributed by atoms with Crippen LogP contribution in [0.4, 0.5) is 0 Å². The van der Waals surface area contributed by atoms with E-state index < -0.39 is 0 Å². The number of para-hydroxylation sites is 1. The van der Waals surface area contributed by atoms with Gasteiger partial charge in [-0.05, 0) is 31.9 Å². The average Bonchev–Trinajstić information content (AvgIpc) is 3.04. The second-order valence-electron chi connectivity index (χ2n) is 5.48. The van der Waals surface area contributed by atoms with Gasteiger partial charge in [0.1, 0.15) is 0 Å². The lowest BCUT2D eigenvalue weighted by Crippen LogP contribution is -2.27. The lowest BCUT2D eigenvalue weighted by atomic mass is 10.2. The van der Waals surface area contributed by atoms with Gasteiger partial charge in [-0.2, -0.15) is 0 Å². The van der Waals surface area contributed by atoms with E-state index in [1.807, 2.05) is 6.07 Å². The zero-order chi connectivity index (χ0) is 13.1. The molecular formula is C16H21ClN2. The summed E-state index contributed by atoms with van der Waals surface area (Å²) in [6.07, 6.45) is 8.73. The molecule has 1 N–H and O–H groups in total. The highest BCUT2D eigenvalue weighted by atomic mass is 35.5. The van der Waals surface area contributed by atoms with Crippen molar-refractivity contribution in [3.63, 3.8) is 0 Å². The quantitative estimate of drug-likeness (QED) is 0.809. The van der Waals surface area contributed by atoms with Crippen molar-refractivity contribution in [1.29, 1.82) is 0 Å². The molecule has 0 atom stereocenters. The largest absolute Gasteiger partial charge is 0.346 e. The van der Waals surface area contributed by atoms with Gasteiger partial charge in [-0.25, -0.2) is 0 Å². The Morgan fingerprint density at radius 1 is 1.21 bits per heavy atom. The van der Waals surface area contributed by atoms with Crippen LogP contribution in [0.25, 0.3) is 10.9 Å². The Labute approximate surface area is 119 Å². The first-order chi connectivity index (χ1) is 9.34. The lowest BCUT2D eigenvalue weighted by Gasteiger charge is -2.12. The fraction of sp³-hybridized carbons (Fsp3) is 0.500. The summed E-state index contributed by atoms with van der Waals surface area (Å²) in [5, 5.41) is 5.68. The van der Waals surface area contributed by atoms with E-state index >= 15 is 0 Å². The van der Waals surface area contributed by atoms with Crippen LogP contribution in [0.3, 0.4) is 0 Å². The van der Waals surface area contributed by atoms with Crippen LogP contribution in [0.15, 0.2) is 30.5 Å². The number of hydrogen-bond acceptors (Lipinski definition) is 1. The summed E-state index contributed by atoms with van der Waals surface area (Å²) in [5.41, 5.74) is 1.24. The van der Waals surface area contributed by atoms with Crippen molar-refractivity contribution in [2.24, 2.45) is 0 Å². The van der Waals surface area contributed by atoms with Gasteiger partial charge in [0.2, 0.25) is 0 Å². The van der Waals surface area contributed by atoms with E-state index in [-0.39, 0.29) is 0 Å². The van der Waals surface area contributed by atoms with E-state index in [1.54, 1.807) is 0 Å². The molecule has 1 aromatic heterocycles. The standard InChI is InChI=1S/C16H21ClN2/c17-15-12-19(16-9-4-3-8-14(15)16)11-5-10-18-13-6-1-2-7-13/h3-4,8-9,12-13,18H,1-2,5-7,10-11H2. The molecule has 0 bridgehead atoms. The molecule has 1 fully saturated rings. The van der Waals surface area contributed by atoms with Crippen LogP contribution in [-0.4, -0.2) is 17.2 Å². The molecule has 0 unspecified atom stereocenters. The van der Waals surface area contributed by atoms with E-state index in [9.17, 15) is 0 Å². The number of hydrogen-bond donors (Lipinski definition) is 1.